The van der Waals surface area contributed by atoms with Crippen LogP contribution in [0.5, 0.6) is 0 Å². The van der Waals surface area contributed by atoms with Crippen molar-refractivity contribution in [2.24, 2.45) is 0 Å². The Bertz CT molecular complexity index is 438. The van der Waals surface area contributed by atoms with Crippen molar-refractivity contribution in [3.05, 3.63) is 22.7 Å². The van der Waals surface area contributed by atoms with Crippen LogP contribution < -0.4 is 10.6 Å². The standard InChI is InChI=1S/C13H19ClF3N3/c1-19(2)5-4-6-20(3)12-10(14)7-9(8-11(12)18)13(15,16)17/h7-8H,4-6,18H2,1-3H3. The van der Waals surface area contributed by atoms with E-state index in [9.17, 15) is 13.2 Å². The maximum Gasteiger partial charge on any atom is 0.416 e. The summed E-state index contributed by atoms with van der Waals surface area (Å²) in [5.41, 5.74) is 5.37. The van der Waals surface area contributed by atoms with Gasteiger partial charge in [-0.1, -0.05) is 11.6 Å². The second-order valence-corrected chi connectivity index (χ2v) is 5.38. The molecule has 1 aromatic carbocycles. The highest BCUT2D eigenvalue weighted by molar-refractivity contribution is 6.34. The lowest BCUT2D eigenvalue weighted by atomic mass is 10.1. The Kier molecular flexibility index (Phi) is 5.53. The molecule has 1 rings (SSSR count). The number of rotatable bonds is 5. The molecule has 0 aliphatic rings. The fourth-order valence-electron chi connectivity index (χ4n) is 1.92. The van der Waals surface area contributed by atoms with Gasteiger partial charge in [0.25, 0.3) is 0 Å². The molecule has 0 aliphatic carbocycles. The van der Waals surface area contributed by atoms with Crippen molar-refractivity contribution < 1.29 is 13.2 Å². The molecule has 0 aromatic heterocycles. The van der Waals surface area contributed by atoms with Gasteiger partial charge in [-0.05, 0) is 39.2 Å². The van der Waals surface area contributed by atoms with Gasteiger partial charge in [0, 0.05) is 13.6 Å². The van der Waals surface area contributed by atoms with Gasteiger partial charge in [-0.2, -0.15) is 13.2 Å². The van der Waals surface area contributed by atoms with Crippen LogP contribution in [-0.4, -0.2) is 39.1 Å². The number of nitrogens with zero attached hydrogens (tertiary/aromatic N) is 2. The third-order valence-electron chi connectivity index (χ3n) is 2.90. The van der Waals surface area contributed by atoms with Crippen LogP contribution in [0.15, 0.2) is 12.1 Å². The topological polar surface area (TPSA) is 32.5 Å². The molecular weight excluding hydrogens is 291 g/mol. The normalized spacial score (nSPS) is 12.0. The first-order chi connectivity index (χ1) is 9.12. The molecule has 0 radical (unpaired) electrons. The molecule has 0 saturated heterocycles. The maximum atomic E-state index is 12.6. The summed E-state index contributed by atoms with van der Waals surface area (Å²) in [6.45, 7) is 1.54. The van der Waals surface area contributed by atoms with Gasteiger partial charge >= 0.3 is 6.18 Å². The SMILES string of the molecule is CN(C)CCCN(C)c1c(N)cc(C(F)(F)F)cc1Cl. The summed E-state index contributed by atoms with van der Waals surface area (Å²) in [6, 6.07) is 1.83. The molecule has 7 heteroatoms. The van der Waals surface area contributed by atoms with Crippen LogP contribution in [0.4, 0.5) is 24.5 Å². The number of nitrogens with two attached hydrogens (primary N) is 1. The molecule has 114 valence electrons. The lowest BCUT2D eigenvalue weighted by Gasteiger charge is -2.24. The van der Waals surface area contributed by atoms with Crippen molar-refractivity contribution in [3.8, 4) is 0 Å². The van der Waals surface area contributed by atoms with Crippen molar-refractivity contribution in [1.29, 1.82) is 0 Å². The highest BCUT2D eigenvalue weighted by Gasteiger charge is 2.32. The van der Waals surface area contributed by atoms with Gasteiger partial charge < -0.3 is 15.5 Å². The van der Waals surface area contributed by atoms with Gasteiger partial charge in [-0.15, -0.1) is 0 Å². The predicted molar refractivity (Wildman–Crippen MR) is 77.3 cm³/mol. The van der Waals surface area contributed by atoms with E-state index in [1.165, 1.54) is 0 Å². The number of anilines is 2. The summed E-state index contributed by atoms with van der Waals surface area (Å²) in [7, 11) is 5.68. The molecule has 0 unspecified atom stereocenters. The highest BCUT2D eigenvalue weighted by atomic mass is 35.5. The van der Waals surface area contributed by atoms with Crippen molar-refractivity contribution in [2.45, 2.75) is 12.6 Å². The van der Waals surface area contributed by atoms with Crippen molar-refractivity contribution in [2.75, 3.05) is 44.9 Å². The summed E-state index contributed by atoms with van der Waals surface area (Å²) in [5, 5.41) is 0.0182. The van der Waals surface area contributed by atoms with E-state index < -0.39 is 11.7 Å². The zero-order chi connectivity index (χ0) is 15.5. The van der Waals surface area contributed by atoms with Gasteiger partial charge in [0.1, 0.15) is 0 Å². The van der Waals surface area contributed by atoms with Crippen molar-refractivity contribution in [1.82, 2.24) is 4.90 Å². The number of hydrogen-bond acceptors (Lipinski definition) is 3. The summed E-state index contributed by atoms with van der Waals surface area (Å²) in [6.07, 6.45) is -3.58. The molecule has 0 heterocycles. The van der Waals surface area contributed by atoms with Gasteiger partial charge in [0.15, 0.2) is 0 Å². The van der Waals surface area contributed by atoms with Crippen molar-refractivity contribution >= 4 is 23.0 Å². The molecule has 3 nitrogen and oxygen atoms in total. The number of alkyl halides is 3. The Hall–Kier alpha value is -1.14. The third-order valence-corrected chi connectivity index (χ3v) is 3.19. The number of nitrogen functional groups attached to an aromatic ring is 1. The largest absolute Gasteiger partial charge is 0.416 e. The van der Waals surface area contributed by atoms with E-state index in [1.54, 1.807) is 11.9 Å². The Morgan fingerprint density at radius 2 is 1.75 bits per heavy atom. The first-order valence-corrected chi connectivity index (χ1v) is 6.52. The molecule has 0 atom stereocenters. The first-order valence-electron chi connectivity index (χ1n) is 6.15. The fraction of sp³-hybridized carbons (Fsp3) is 0.538. The van der Waals surface area contributed by atoms with Crippen LogP contribution in [0.2, 0.25) is 5.02 Å². The van der Waals surface area contributed by atoms with E-state index in [0.717, 1.165) is 25.1 Å². The minimum atomic E-state index is -4.44. The summed E-state index contributed by atoms with van der Waals surface area (Å²) in [4.78, 5) is 3.81. The Balaban J connectivity index is 2.91. The van der Waals surface area contributed by atoms with E-state index in [-0.39, 0.29) is 10.7 Å². The van der Waals surface area contributed by atoms with Crippen LogP contribution in [0, 0.1) is 0 Å². The van der Waals surface area contributed by atoms with Gasteiger partial charge in [0.2, 0.25) is 0 Å². The third kappa shape index (κ3) is 4.45. The van der Waals surface area contributed by atoms with E-state index >= 15 is 0 Å². The maximum absolute atomic E-state index is 12.6. The monoisotopic (exact) mass is 309 g/mol. The number of halogens is 4. The zero-order valence-corrected chi connectivity index (χ0v) is 12.5. The predicted octanol–water partition coefficient (Wildman–Crippen LogP) is 3.33. The Morgan fingerprint density at radius 3 is 2.20 bits per heavy atom. The molecule has 1 aromatic rings. The average molecular weight is 310 g/mol. The Labute approximate surface area is 122 Å². The quantitative estimate of drug-likeness (QED) is 0.847. The lowest BCUT2D eigenvalue weighted by molar-refractivity contribution is -0.137. The molecule has 0 fully saturated rings. The molecule has 20 heavy (non-hydrogen) atoms. The van der Waals surface area contributed by atoms with Gasteiger partial charge in [-0.3, -0.25) is 0 Å². The van der Waals surface area contributed by atoms with Crippen LogP contribution in [0.25, 0.3) is 0 Å². The van der Waals surface area contributed by atoms with Crippen LogP contribution >= 0.6 is 11.6 Å². The lowest BCUT2D eigenvalue weighted by Crippen LogP contribution is -2.24. The highest BCUT2D eigenvalue weighted by Crippen LogP contribution is 2.38. The zero-order valence-electron chi connectivity index (χ0n) is 11.8. The molecule has 2 N–H and O–H groups in total. The molecule has 0 spiro atoms. The van der Waals surface area contributed by atoms with Crippen molar-refractivity contribution in [3.63, 3.8) is 0 Å². The first kappa shape index (κ1) is 16.9. The van der Waals surface area contributed by atoms with Crippen LogP contribution in [-0.2, 0) is 6.18 Å². The smallest absolute Gasteiger partial charge is 0.397 e. The van der Waals surface area contributed by atoms with Crippen LogP contribution in [0.3, 0.4) is 0 Å². The number of benzene rings is 1. The van der Waals surface area contributed by atoms with Crippen LogP contribution in [0.1, 0.15) is 12.0 Å². The molecule has 0 amide bonds. The fourth-order valence-corrected chi connectivity index (χ4v) is 2.29. The van der Waals surface area contributed by atoms with E-state index in [0.29, 0.717) is 12.2 Å². The second kappa shape index (κ2) is 6.54. The molecule has 0 saturated carbocycles. The second-order valence-electron chi connectivity index (χ2n) is 4.97. The molecule has 0 aliphatic heterocycles. The van der Waals surface area contributed by atoms with E-state index in [1.807, 2.05) is 19.0 Å². The summed E-state index contributed by atoms with van der Waals surface area (Å²) in [5.74, 6) is 0. The van der Waals surface area contributed by atoms with E-state index in [2.05, 4.69) is 0 Å². The molecular formula is C13H19ClF3N3. The minimum absolute atomic E-state index is 0.0182. The Morgan fingerprint density at radius 1 is 1.15 bits per heavy atom. The average Bonchev–Trinajstić information content (AvgIpc) is 2.26. The minimum Gasteiger partial charge on any atom is -0.397 e. The number of hydrogen-bond donors (Lipinski definition) is 1. The summed E-state index contributed by atoms with van der Waals surface area (Å²) < 4.78 is 37.9. The van der Waals surface area contributed by atoms with E-state index in [4.69, 9.17) is 17.3 Å². The van der Waals surface area contributed by atoms with Gasteiger partial charge in [-0.25, -0.2) is 0 Å². The molecule has 0 bridgehead atoms. The van der Waals surface area contributed by atoms with Gasteiger partial charge in [0.05, 0.1) is 22.0 Å². The summed E-state index contributed by atoms with van der Waals surface area (Å²) >= 11 is 5.94.